The summed E-state index contributed by atoms with van der Waals surface area (Å²) in [5, 5.41) is 10.5. The summed E-state index contributed by atoms with van der Waals surface area (Å²) >= 11 is 0. The van der Waals surface area contributed by atoms with Crippen LogP contribution in [0.2, 0.25) is 0 Å². The summed E-state index contributed by atoms with van der Waals surface area (Å²) < 4.78 is 32.2. The maximum atomic E-state index is 12.3. The minimum Gasteiger partial charge on any atom is -0.493 e. The lowest BCUT2D eigenvalue weighted by Gasteiger charge is -2.15. The van der Waals surface area contributed by atoms with E-state index < -0.39 is 9.84 Å². The Bertz CT molecular complexity index is 1280. The molecule has 33 heavy (non-hydrogen) atoms. The van der Waals surface area contributed by atoms with Gasteiger partial charge in [0.1, 0.15) is 11.6 Å². The smallest absolute Gasteiger partial charge is 0.222 e. The number of carbonyl (C=O) groups is 1. The van der Waals surface area contributed by atoms with Crippen LogP contribution < -0.4 is 15.4 Å². The molecule has 2 N–H and O–H groups in total. The largest absolute Gasteiger partial charge is 0.493 e. The highest BCUT2D eigenvalue weighted by Crippen LogP contribution is 2.34. The molecular weight excluding hydrogens is 442 g/mol. The third kappa shape index (κ3) is 5.89. The van der Waals surface area contributed by atoms with Crippen molar-refractivity contribution < 1.29 is 17.9 Å². The van der Waals surface area contributed by atoms with E-state index in [0.29, 0.717) is 46.7 Å². The Morgan fingerprint density at radius 3 is 2.67 bits per heavy atom. The molecule has 1 saturated carbocycles. The van der Waals surface area contributed by atoms with Crippen molar-refractivity contribution in [3.63, 3.8) is 0 Å². The van der Waals surface area contributed by atoms with Crippen LogP contribution in [0.25, 0.3) is 11.3 Å². The van der Waals surface area contributed by atoms with E-state index in [1.54, 1.807) is 35.1 Å². The van der Waals surface area contributed by atoms with Crippen molar-refractivity contribution in [2.24, 2.45) is 5.92 Å². The van der Waals surface area contributed by atoms with Crippen LogP contribution in [0.5, 0.6) is 5.75 Å². The molecule has 0 unspecified atom stereocenters. The van der Waals surface area contributed by atoms with Crippen LogP contribution in [0.1, 0.15) is 26.7 Å². The number of pyridine rings is 1. The van der Waals surface area contributed by atoms with Crippen LogP contribution in [-0.4, -0.2) is 42.0 Å². The fraction of sp³-hybridized carbons (Fsp3) is 0.348. The lowest BCUT2D eigenvalue weighted by atomic mass is 10.1. The Morgan fingerprint density at radius 1 is 1.24 bits per heavy atom. The van der Waals surface area contributed by atoms with Gasteiger partial charge in [-0.2, -0.15) is 5.10 Å². The average Bonchev–Trinajstić information content (AvgIpc) is 3.46. The molecular formula is C23H27N5O4S. The zero-order valence-electron chi connectivity index (χ0n) is 18.8. The SMILES string of the molecule is CCn1ccc(-c2cnc(NC(C)=O)cc2Nc2cc(OCC3CC3)cc(S(C)(=O)=O)c2)n1. The molecule has 0 saturated heterocycles. The van der Waals surface area contributed by atoms with Gasteiger partial charge < -0.3 is 15.4 Å². The van der Waals surface area contributed by atoms with Gasteiger partial charge in [-0.25, -0.2) is 13.4 Å². The predicted molar refractivity (Wildman–Crippen MR) is 126 cm³/mol. The standard InChI is InChI=1S/C23H27N5O4S/c1-4-28-8-7-21(27-28)20-13-24-23(25-15(2)29)12-22(20)26-17-9-18(32-14-16-5-6-16)11-19(10-17)33(3,30)31/h7-13,16H,4-6,14H2,1-3H3,(H2,24,25,26,29). The second kappa shape index (κ2) is 9.22. The van der Waals surface area contributed by atoms with Gasteiger partial charge in [0.2, 0.25) is 5.91 Å². The Hall–Kier alpha value is -3.40. The molecule has 9 nitrogen and oxygen atoms in total. The Morgan fingerprint density at radius 2 is 2.03 bits per heavy atom. The molecule has 1 aromatic carbocycles. The van der Waals surface area contributed by atoms with Crippen molar-refractivity contribution in [1.29, 1.82) is 0 Å². The van der Waals surface area contributed by atoms with E-state index in [4.69, 9.17) is 4.74 Å². The van der Waals surface area contributed by atoms with Crippen molar-refractivity contribution >= 4 is 32.9 Å². The Kier molecular flexibility index (Phi) is 6.37. The van der Waals surface area contributed by atoms with E-state index in [9.17, 15) is 13.2 Å². The van der Waals surface area contributed by atoms with Gasteiger partial charge in [-0.15, -0.1) is 0 Å². The zero-order chi connectivity index (χ0) is 23.6. The number of sulfone groups is 1. The number of nitrogens with zero attached hydrogens (tertiary/aromatic N) is 3. The van der Waals surface area contributed by atoms with Crippen molar-refractivity contribution in [1.82, 2.24) is 14.8 Å². The number of hydrogen-bond acceptors (Lipinski definition) is 7. The number of benzene rings is 1. The summed E-state index contributed by atoms with van der Waals surface area (Å²) in [4.78, 5) is 16.0. The summed E-state index contributed by atoms with van der Waals surface area (Å²) in [6, 6.07) is 8.44. The number of rotatable bonds is 9. The summed E-state index contributed by atoms with van der Waals surface area (Å²) in [6.07, 6.45) is 6.93. The first-order valence-corrected chi connectivity index (χ1v) is 12.7. The van der Waals surface area contributed by atoms with Crippen molar-refractivity contribution in [2.45, 2.75) is 38.1 Å². The molecule has 1 amide bonds. The molecule has 4 rings (SSSR count). The van der Waals surface area contributed by atoms with Gasteiger partial charge in [0, 0.05) is 55.5 Å². The molecule has 2 heterocycles. The normalized spacial score (nSPS) is 13.5. The van der Waals surface area contributed by atoms with Crippen molar-refractivity contribution in [2.75, 3.05) is 23.5 Å². The van der Waals surface area contributed by atoms with E-state index in [1.165, 1.54) is 13.2 Å². The van der Waals surface area contributed by atoms with Crippen molar-refractivity contribution in [3.8, 4) is 17.0 Å². The average molecular weight is 470 g/mol. The molecule has 0 spiro atoms. The minimum absolute atomic E-state index is 0.159. The van der Waals surface area contributed by atoms with Crippen LogP contribution in [0.15, 0.2) is 47.6 Å². The van der Waals surface area contributed by atoms with E-state index in [0.717, 1.165) is 19.4 Å². The molecule has 10 heteroatoms. The molecule has 0 radical (unpaired) electrons. The molecule has 0 bridgehead atoms. The third-order valence-electron chi connectivity index (χ3n) is 5.22. The summed E-state index contributed by atoms with van der Waals surface area (Å²) in [5.74, 6) is 1.14. The number of carbonyl (C=O) groups excluding carboxylic acids is 1. The first kappa shape index (κ1) is 22.8. The molecule has 2 aromatic heterocycles. The topological polar surface area (TPSA) is 115 Å². The van der Waals surface area contributed by atoms with E-state index in [-0.39, 0.29) is 10.8 Å². The summed E-state index contributed by atoms with van der Waals surface area (Å²) in [6.45, 7) is 4.69. The number of nitrogens with one attached hydrogen (secondary N) is 2. The highest BCUT2D eigenvalue weighted by Gasteiger charge is 2.22. The fourth-order valence-electron chi connectivity index (χ4n) is 3.29. The number of hydrogen-bond donors (Lipinski definition) is 2. The van der Waals surface area contributed by atoms with Crippen LogP contribution in [-0.2, 0) is 21.2 Å². The fourth-order valence-corrected chi connectivity index (χ4v) is 3.96. The molecule has 174 valence electrons. The van der Waals surface area contributed by atoms with E-state index >= 15 is 0 Å². The van der Waals surface area contributed by atoms with Gasteiger partial charge in [0.05, 0.1) is 22.9 Å². The van der Waals surface area contributed by atoms with Gasteiger partial charge >= 0.3 is 0 Å². The highest BCUT2D eigenvalue weighted by molar-refractivity contribution is 7.90. The molecule has 1 aliphatic rings. The quantitative estimate of drug-likeness (QED) is 0.489. The summed E-state index contributed by atoms with van der Waals surface area (Å²) in [5.41, 5.74) is 2.57. The number of aromatic nitrogens is 3. The molecule has 1 aliphatic carbocycles. The first-order chi connectivity index (χ1) is 15.7. The Balaban J connectivity index is 1.73. The molecule has 1 fully saturated rings. The highest BCUT2D eigenvalue weighted by atomic mass is 32.2. The molecule has 3 aromatic rings. The molecule has 0 atom stereocenters. The van der Waals surface area contributed by atoms with Gasteiger partial charge in [-0.05, 0) is 43.9 Å². The van der Waals surface area contributed by atoms with Gasteiger partial charge in [0.25, 0.3) is 0 Å². The van der Waals surface area contributed by atoms with Gasteiger partial charge in [-0.3, -0.25) is 9.48 Å². The second-order valence-corrected chi connectivity index (χ2v) is 10.2. The van der Waals surface area contributed by atoms with Crippen LogP contribution >= 0.6 is 0 Å². The predicted octanol–water partition coefficient (Wildman–Crippen LogP) is 3.86. The monoisotopic (exact) mass is 469 g/mol. The van der Waals surface area contributed by atoms with E-state index in [1.807, 2.05) is 19.2 Å². The minimum atomic E-state index is -3.45. The van der Waals surface area contributed by atoms with Crippen LogP contribution in [0.3, 0.4) is 0 Å². The number of ether oxygens (including phenoxy) is 1. The summed E-state index contributed by atoms with van der Waals surface area (Å²) in [7, 11) is -3.45. The number of aryl methyl sites for hydroxylation is 1. The van der Waals surface area contributed by atoms with Crippen LogP contribution in [0.4, 0.5) is 17.2 Å². The zero-order valence-corrected chi connectivity index (χ0v) is 19.6. The first-order valence-electron chi connectivity index (χ1n) is 10.8. The van der Waals surface area contributed by atoms with Crippen LogP contribution in [0, 0.1) is 5.92 Å². The number of amides is 1. The van der Waals surface area contributed by atoms with Crippen molar-refractivity contribution in [3.05, 3.63) is 42.7 Å². The third-order valence-corrected chi connectivity index (χ3v) is 6.31. The lowest BCUT2D eigenvalue weighted by molar-refractivity contribution is -0.114. The number of anilines is 3. The maximum Gasteiger partial charge on any atom is 0.222 e. The maximum absolute atomic E-state index is 12.3. The lowest BCUT2D eigenvalue weighted by Crippen LogP contribution is -2.08. The van der Waals surface area contributed by atoms with Gasteiger partial charge in [0.15, 0.2) is 9.84 Å². The second-order valence-electron chi connectivity index (χ2n) is 8.20. The Labute approximate surface area is 193 Å². The van der Waals surface area contributed by atoms with Gasteiger partial charge in [-0.1, -0.05) is 0 Å². The van der Waals surface area contributed by atoms with E-state index in [2.05, 4.69) is 20.7 Å². The molecule has 0 aliphatic heterocycles.